The van der Waals surface area contributed by atoms with Crippen molar-refractivity contribution in [2.75, 3.05) is 16.0 Å². The number of hydrogen-bond acceptors (Lipinski definition) is 5. The van der Waals surface area contributed by atoms with E-state index in [1.54, 1.807) is 0 Å². The molecule has 3 rings (SSSR count). The van der Waals surface area contributed by atoms with Gasteiger partial charge >= 0.3 is 0 Å². The van der Waals surface area contributed by atoms with E-state index in [2.05, 4.69) is 25.9 Å². The molecule has 1 fully saturated rings. The molecule has 2 aromatic rings. The van der Waals surface area contributed by atoms with Crippen LogP contribution in [-0.4, -0.2) is 21.9 Å². The van der Waals surface area contributed by atoms with Gasteiger partial charge in [-0.15, -0.1) is 0 Å². The normalized spacial score (nSPS) is 13.6. The van der Waals surface area contributed by atoms with E-state index < -0.39 is 0 Å². The van der Waals surface area contributed by atoms with Crippen molar-refractivity contribution < 1.29 is 4.79 Å². The lowest BCUT2D eigenvalue weighted by molar-refractivity contribution is -0.114. The second kappa shape index (κ2) is 5.78. The highest BCUT2D eigenvalue weighted by atomic mass is 16.1. The van der Waals surface area contributed by atoms with Crippen LogP contribution >= 0.6 is 0 Å². The molecule has 108 valence electrons. The van der Waals surface area contributed by atoms with Crippen molar-refractivity contribution in [1.29, 1.82) is 0 Å². The number of anilines is 4. The molecule has 1 amide bonds. The maximum atomic E-state index is 11.1. The Bertz CT molecular complexity index is 654. The minimum Gasteiger partial charge on any atom is -0.367 e. The highest BCUT2D eigenvalue weighted by Gasteiger charge is 2.21. The lowest BCUT2D eigenvalue weighted by Crippen LogP contribution is -2.06. The fourth-order valence-corrected chi connectivity index (χ4v) is 1.97. The number of amides is 1. The molecular weight excluding hydrogens is 266 g/mol. The Hall–Kier alpha value is -2.63. The molecule has 1 heterocycles. The second-order valence-electron chi connectivity index (χ2n) is 5.09. The first-order valence-electron chi connectivity index (χ1n) is 6.92. The fourth-order valence-electron chi connectivity index (χ4n) is 1.97. The number of carbonyl (C=O) groups is 1. The number of aromatic nitrogens is 2. The molecule has 3 N–H and O–H groups in total. The van der Waals surface area contributed by atoms with Crippen LogP contribution in [0, 0.1) is 0 Å². The first-order chi connectivity index (χ1) is 10.2. The van der Waals surface area contributed by atoms with E-state index in [0.717, 1.165) is 17.2 Å². The van der Waals surface area contributed by atoms with E-state index in [1.165, 1.54) is 26.1 Å². The molecule has 0 atom stereocenters. The lowest BCUT2D eigenvalue weighted by Gasteiger charge is -2.09. The molecule has 1 aliphatic rings. The summed E-state index contributed by atoms with van der Waals surface area (Å²) < 4.78 is 0. The Balaban J connectivity index is 1.71. The summed E-state index contributed by atoms with van der Waals surface area (Å²) in [5, 5.41) is 9.29. The first-order valence-corrected chi connectivity index (χ1v) is 6.92. The van der Waals surface area contributed by atoms with Crippen LogP contribution in [0.3, 0.4) is 0 Å². The minimum atomic E-state index is -0.0925. The van der Waals surface area contributed by atoms with Gasteiger partial charge in [0.2, 0.25) is 5.91 Å². The van der Waals surface area contributed by atoms with Crippen molar-refractivity contribution >= 4 is 28.9 Å². The fraction of sp³-hybridized carbons (Fsp3) is 0.267. The summed E-state index contributed by atoms with van der Waals surface area (Å²) in [5.41, 5.74) is 1.61. The van der Waals surface area contributed by atoms with Crippen molar-refractivity contribution in [2.24, 2.45) is 0 Å². The first kappa shape index (κ1) is 13.4. The predicted molar refractivity (Wildman–Crippen MR) is 82.7 cm³/mol. The maximum Gasteiger partial charge on any atom is 0.221 e. The molecule has 0 spiro atoms. The predicted octanol–water partition coefficient (Wildman–Crippen LogP) is 2.75. The monoisotopic (exact) mass is 283 g/mol. The van der Waals surface area contributed by atoms with E-state index in [9.17, 15) is 4.79 Å². The van der Waals surface area contributed by atoms with Gasteiger partial charge in [-0.05, 0) is 31.0 Å². The number of nitrogens with one attached hydrogen (secondary N) is 3. The highest BCUT2D eigenvalue weighted by molar-refractivity contribution is 5.89. The van der Waals surface area contributed by atoms with Crippen molar-refractivity contribution in [1.82, 2.24) is 9.97 Å². The van der Waals surface area contributed by atoms with Gasteiger partial charge in [-0.1, -0.05) is 6.07 Å². The molecule has 6 heteroatoms. The van der Waals surface area contributed by atoms with Crippen molar-refractivity contribution in [3.63, 3.8) is 0 Å². The van der Waals surface area contributed by atoms with Gasteiger partial charge in [-0.3, -0.25) is 4.79 Å². The molecule has 0 bridgehead atoms. The molecule has 1 aromatic carbocycles. The summed E-state index contributed by atoms with van der Waals surface area (Å²) in [5.74, 6) is 1.45. The highest BCUT2D eigenvalue weighted by Crippen LogP contribution is 2.25. The average molecular weight is 283 g/mol. The number of rotatable bonds is 5. The SMILES string of the molecule is CC(=O)Nc1cccc(Nc2cc(NC3CC3)ncn2)c1. The Morgan fingerprint density at radius 2 is 1.90 bits per heavy atom. The Morgan fingerprint density at radius 3 is 2.67 bits per heavy atom. The molecular formula is C15H17N5O. The van der Waals surface area contributed by atoms with Gasteiger partial charge in [-0.2, -0.15) is 0 Å². The molecule has 0 radical (unpaired) electrons. The molecule has 0 aliphatic heterocycles. The summed E-state index contributed by atoms with van der Waals surface area (Å²) in [7, 11) is 0. The number of nitrogens with zero attached hydrogens (tertiary/aromatic N) is 2. The minimum absolute atomic E-state index is 0.0925. The molecule has 0 saturated heterocycles. The number of carbonyl (C=O) groups excluding carboxylic acids is 1. The van der Waals surface area contributed by atoms with Gasteiger partial charge in [0.15, 0.2) is 0 Å². The van der Waals surface area contributed by atoms with Crippen LogP contribution in [-0.2, 0) is 4.79 Å². The van der Waals surface area contributed by atoms with Gasteiger partial charge in [-0.25, -0.2) is 9.97 Å². The van der Waals surface area contributed by atoms with Crippen LogP contribution in [0.4, 0.5) is 23.0 Å². The van der Waals surface area contributed by atoms with Gasteiger partial charge < -0.3 is 16.0 Å². The Kier molecular flexibility index (Phi) is 3.68. The molecule has 21 heavy (non-hydrogen) atoms. The molecule has 1 saturated carbocycles. The van der Waals surface area contributed by atoms with Gasteiger partial charge in [0.25, 0.3) is 0 Å². The van der Waals surface area contributed by atoms with Crippen LogP contribution in [0.5, 0.6) is 0 Å². The Morgan fingerprint density at radius 1 is 1.14 bits per heavy atom. The van der Waals surface area contributed by atoms with E-state index in [4.69, 9.17) is 0 Å². The molecule has 1 aliphatic carbocycles. The summed E-state index contributed by atoms with van der Waals surface area (Å²) in [4.78, 5) is 19.5. The quantitative estimate of drug-likeness (QED) is 0.786. The van der Waals surface area contributed by atoms with Gasteiger partial charge in [0, 0.05) is 30.4 Å². The topological polar surface area (TPSA) is 78.9 Å². The third kappa shape index (κ3) is 3.92. The summed E-state index contributed by atoms with van der Waals surface area (Å²) in [6, 6.07) is 9.92. The molecule has 6 nitrogen and oxygen atoms in total. The van der Waals surface area contributed by atoms with Crippen molar-refractivity contribution in [3.05, 3.63) is 36.7 Å². The zero-order valence-corrected chi connectivity index (χ0v) is 11.8. The number of benzene rings is 1. The van der Waals surface area contributed by atoms with Crippen LogP contribution in [0.1, 0.15) is 19.8 Å². The van der Waals surface area contributed by atoms with E-state index in [-0.39, 0.29) is 5.91 Å². The standard InChI is InChI=1S/C15H17N5O/c1-10(21)18-12-3-2-4-13(7-12)20-15-8-14(16-9-17-15)19-11-5-6-11/h2-4,7-9,11H,5-6H2,1H3,(H,18,21)(H2,16,17,19,20). The zero-order valence-electron chi connectivity index (χ0n) is 11.8. The van der Waals surface area contributed by atoms with Crippen LogP contribution in [0.2, 0.25) is 0 Å². The summed E-state index contributed by atoms with van der Waals surface area (Å²) in [6.07, 6.45) is 3.93. The zero-order chi connectivity index (χ0) is 14.7. The van der Waals surface area contributed by atoms with Crippen LogP contribution < -0.4 is 16.0 Å². The third-order valence-corrected chi connectivity index (χ3v) is 3.05. The van der Waals surface area contributed by atoms with Crippen LogP contribution in [0.25, 0.3) is 0 Å². The average Bonchev–Trinajstić information content (AvgIpc) is 3.22. The number of hydrogen-bond donors (Lipinski definition) is 3. The summed E-state index contributed by atoms with van der Waals surface area (Å²) >= 11 is 0. The smallest absolute Gasteiger partial charge is 0.221 e. The van der Waals surface area contributed by atoms with Gasteiger partial charge in [0.05, 0.1) is 0 Å². The van der Waals surface area contributed by atoms with Gasteiger partial charge in [0.1, 0.15) is 18.0 Å². The third-order valence-electron chi connectivity index (χ3n) is 3.05. The van der Waals surface area contributed by atoms with Crippen molar-refractivity contribution in [2.45, 2.75) is 25.8 Å². The van der Waals surface area contributed by atoms with Crippen LogP contribution in [0.15, 0.2) is 36.7 Å². The lowest BCUT2D eigenvalue weighted by atomic mass is 10.2. The second-order valence-corrected chi connectivity index (χ2v) is 5.09. The molecule has 1 aromatic heterocycles. The Labute approximate surface area is 123 Å². The maximum absolute atomic E-state index is 11.1. The van der Waals surface area contributed by atoms with E-state index >= 15 is 0 Å². The van der Waals surface area contributed by atoms with E-state index in [0.29, 0.717) is 11.9 Å². The molecule has 0 unspecified atom stereocenters. The van der Waals surface area contributed by atoms with E-state index in [1.807, 2.05) is 30.3 Å². The summed E-state index contributed by atoms with van der Waals surface area (Å²) in [6.45, 7) is 1.49. The van der Waals surface area contributed by atoms with Crippen molar-refractivity contribution in [3.8, 4) is 0 Å². The largest absolute Gasteiger partial charge is 0.367 e.